The standard InChI is InChI=1S/C18H23N7OS/c1-24-9-13(6-20-24)16-12-27-18(23-16)8-19-15-7-21-25(10-15)11-17(26)22-14-4-2-3-5-14/h6-7,9-10,12,14,19H,2-5,8,11H2,1H3,(H,22,26). The molecule has 0 saturated heterocycles. The topological polar surface area (TPSA) is 89.7 Å². The Labute approximate surface area is 161 Å². The van der Waals surface area contributed by atoms with E-state index in [1.54, 1.807) is 26.9 Å². The van der Waals surface area contributed by atoms with Gasteiger partial charge < -0.3 is 10.6 Å². The van der Waals surface area contributed by atoms with Crippen molar-refractivity contribution in [3.8, 4) is 11.3 Å². The molecule has 4 rings (SSSR count). The van der Waals surface area contributed by atoms with Crippen LogP contribution in [-0.2, 0) is 24.9 Å². The van der Waals surface area contributed by atoms with Crippen LogP contribution in [0.2, 0.25) is 0 Å². The lowest BCUT2D eigenvalue weighted by atomic mass is 10.2. The van der Waals surface area contributed by atoms with Crippen LogP contribution in [0.5, 0.6) is 0 Å². The van der Waals surface area contributed by atoms with E-state index in [9.17, 15) is 4.79 Å². The molecular weight excluding hydrogens is 362 g/mol. The Hall–Kier alpha value is -2.68. The lowest BCUT2D eigenvalue weighted by Crippen LogP contribution is -2.35. The minimum atomic E-state index is 0.0255. The molecule has 142 valence electrons. The SMILES string of the molecule is Cn1cc(-c2csc(CNc3cnn(CC(=O)NC4CCCC4)c3)n2)cn1. The summed E-state index contributed by atoms with van der Waals surface area (Å²) in [5.74, 6) is 0.0255. The van der Waals surface area contributed by atoms with Gasteiger partial charge in [0.2, 0.25) is 5.91 Å². The molecule has 1 fully saturated rings. The molecule has 8 nitrogen and oxygen atoms in total. The Kier molecular flexibility index (Phi) is 5.19. The van der Waals surface area contributed by atoms with Crippen molar-refractivity contribution < 1.29 is 4.79 Å². The number of carbonyl (C=O) groups excluding carboxylic acids is 1. The number of hydrogen-bond acceptors (Lipinski definition) is 6. The van der Waals surface area contributed by atoms with Crippen LogP contribution in [-0.4, -0.2) is 36.5 Å². The quantitative estimate of drug-likeness (QED) is 0.652. The van der Waals surface area contributed by atoms with Crippen LogP contribution >= 0.6 is 11.3 Å². The van der Waals surface area contributed by atoms with Crippen molar-refractivity contribution in [2.24, 2.45) is 7.05 Å². The molecule has 1 aliphatic carbocycles. The van der Waals surface area contributed by atoms with Gasteiger partial charge in [0, 0.05) is 36.4 Å². The Bertz CT molecular complexity index is 906. The van der Waals surface area contributed by atoms with E-state index in [0.29, 0.717) is 12.6 Å². The molecule has 0 spiro atoms. The minimum Gasteiger partial charge on any atom is -0.376 e. The molecule has 2 N–H and O–H groups in total. The van der Waals surface area contributed by atoms with E-state index in [1.807, 2.05) is 31.0 Å². The van der Waals surface area contributed by atoms with Gasteiger partial charge >= 0.3 is 0 Å². The number of hydrogen-bond donors (Lipinski definition) is 2. The molecular formula is C18H23N7OS. The molecule has 1 amide bonds. The van der Waals surface area contributed by atoms with Crippen molar-refractivity contribution in [2.75, 3.05) is 5.32 Å². The van der Waals surface area contributed by atoms with Crippen LogP contribution in [0.25, 0.3) is 11.3 Å². The number of rotatable bonds is 7. The maximum Gasteiger partial charge on any atom is 0.241 e. The van der Waals surface area contributed by atoms with Crippen LogP contribution in [0.4, 0.5) is 5.69 Å². The van der Waals surface area contributed by atoms with Gasteiger partial charge in [-0.1, -0.05) is 12.8 Å². The largest absolute Gasteiger partial charge is 0.376 e. The van der Waals surface area contributed by atoms with E-state index < -0.39 is 0 Å². The molecule has 3 aromatic rings. The Morgan fingerprint density at radius 1 is 1.26 bits per heavy atom. The summed E-state index contributed by atoms with van der Waals surface area (Å²) in [5, 5.41) is 17.8. The number of thiazole rings is 1. The van der Waals surface area contributed by atoms with E-state index in [0.717, 1.165) is 34.8 Å². The van der Waals surface area contributed by atoms with Crippen molar-refractivity contribution in [1.29, 1.82) is 0 Å². The van der Waals surface area contributed by atoms with Crippen LogP contribution in [0, 0.1) is 0 Å². The van der Waals surface area contributed by atoms with Gasteiger partial charge in [-0.05, 0) is 12.8 Å². The molecule has 0 bridgehead atoms. The monoisotopic (exact) mass is 385 g/mol. The summed E-state index contributed by atoms with van der Waals surface area (Å²) >= 11 is 1.61. The summed E-state index contributed by atoms with van der Waals surface area (Å²) in [4.78, 5) is 16.7. The summed E-state index contributed by atoms with van der Waals surface area (Å²) in [6.45, 7) is 0.867. The predicted octanol–water partition coefficient (Wildman–Crippen LogP) is 2.41. The van der Waals surface area contributed by atoms with Gasteiger partial charge in [-0.2, -0.15) is 10.2 Å². The van der Waals surface area contributed by atoms with Gasteiger partial charge in [0.05, 0.1) is 30.3 Å². The second kappa shape index (κ2) is 7.91. The highest BCUT2D eigenvalue weighted by Gasteiger charge is 2.17. The Morgan fingerprint density at radius 3 is 2.89 bits per heavy atom. The second-order valence-corrected chi connectivity index (χ2v) is 7.80. The molecule has 1 saturated carbocycles. The minimum absolute atomic E-state index is 0.0255. The highest BCUT2D eigenvalue weighted by Crippen LogP contribution is 2.22. The highest BCUT2D eigenvalue weighted by molar-refractivity contribution is 7.09. The molecule has 0 atom stereocenters. The fourth-order valence-electron chi connectivity index (χ4n) is 3.29. The molecule has 0 radical (unpaired) electrons. The van der Waals surface area contributed by atoms with Gasteiger partial charge in [-0.15, -0.1) is 11.3 Å². The van der Waals surface area contributed by atoms with E-state index in [4.69, 9.17) is 0 Å². The lowest BCUT2D eigenvalue weighted by molar-refractivity contribution is -0.122. The van der Waals surface area contributed by atoms with E-state index in [2.05, 4.69) is 25.8 Å². The van der Waals surface area contributed by atoms with Crippen molar-refractivity contribution in [3.05, 3.63) is 35.2 Å². The van der Waals surface area contributed by atoms with Gasteiger partial charge in [-0.3, -0.25) is 14.2 Å². The zero-order valence-electron chi connectivity index (χ0n) is 15.3. The third-order valence-electron chi connectivity index (χ3n) is 4.66. The fourth-order valence-corrected chi connectivity index (χ4v) is 4.03. The van der Waals surface area contributed by atoms with E-state index >= 15 is 0 Å². The highest BCUT2D eigenvalue weighted by atomic mass is 32.1. The maximum absolute atomic E-state index is 12.1. The maximum atomic E-state index is 12.1. The van der Waals surface area contributed by atoms with Crippen LogP contribution in [0.15, 0.2) is 30.2 Å². The van der Waals surface area contributed by atoms with E-state index in [-0.39, 0.29) is 12.5 Å². The number of carbonyl (C=O) groups is 1. The van der Waals surface area contributed by atoms with Crippen LogP contribution in [0.1, 0.15) is 30.7 Å². The van der Waals surface area contributed by atoms with Crippen molar-refractivity contribution >= 4 is 22.9 Å². The summed E-state index contributed by atoms with van der Waals surface area (Å²) in [6, 6.07) is 0.338. The van der Waals surface area contributed by atoms with Gasteiger partial charge in [-0.25, -0.2) is 4.98 Å². The first-order chi connectivity index (χ1) is 13.2. The van der Waals surface area contributed by atoms with Crippen LogP contribution < -0.4 is 10.6 Å². The molecule has 9 heteroatoms. The lowest BCUT2D eigenvalue weighted by Gasteiger charge is -2.11. The normalized spacial score (nSPS) is 14.6. The average Bonchev–Trinajstić information content (AvgIpc) is 3.41. The molecule has 0 aliphatic heterocycles. The third-order valence-corrected chi connectivity index (χ3v) is 5.50. The summed E-state index contributed by atoms with van der Waals surface area (Å²) in [5.41, 5.74) is 2.83. The van der Waals surface area contributed by atoms with E-state index in [1.165, 1.54) is 12.8 Å². The molecule has 27 heavy (non-hydrogen) atoms. The molecule has 0 unspecified atom stereocenters. The third kappa shape index (κ3) is 4.54. The first kappa shape index (κ1) is 17.7. The van der Waals surface area contributed by atoms with Gasteiger partial charge in [0.15, 0.2) is 0 Å². The number of aryl methyl sites for hydroxylation is 1. The first-order valence-electron chi connectivity index (χ1n) is 9.15. The number of nitrogens with zero attached hydrogens (tertiary/aromatic N) is 5. The number of amides is 1. The van der Waals surface area contributed by atoms with Crippen molar-refractivity contribution in [2.45, 2.75) is 44.8 Å². The first-order valence-corrected chi connectivity index (χ1v) is 10.0. The van der Waals surface area contributed by atoms with Crippen molar-refractivity contribution in [3.63, 3.8) is 0 Å². The van der Waals surface area contributed by atoms with Gasteiger partial charge in [0.1, 0.15) is 11.6 Å². The predicted molar refractivity (Wildman–Crippen MR) is 104 cm³/mol. The zero-order valence-corrected chi connectivity index (χ0v) is 16.1. The summed E-state index contributed by atoms with van der Waals surface area (Å²) in [6.07, 6.45) is 11.9. The van der Waals surface area contributed by atoms with Crippen molar-refractivity contribution in [1.82, 2.24) is 29.9 Å². The van der Waals surface area contributed by atoms with Gasteiger partial charge in [0.25, 0.3) is 0 Å². The Balaban J connectivity index is 1.28. The summed E-state index contributed by atoms with van der Waals surface area (Å²) in [7, 11) is 1.89. The molecule has 1 aliphatic rings. The Morgan fingerprint density at radius 2 is 2.11 bits per heavy atom. The molecule has 3 aromatic heterocycles. The zero-order chi connectivity index (χ0) is 18.6. The second-order valence-electron chi connectivity index (χ2n) is 6.86. The number of anilines is 1. The number of aromatic nitrogens is 5. The number of nitrogens with one attached hydrogen (secondary N) is 2. The average molecular weight is 385 g/mol. The van der Waals surface area contributed by atoms with Crippen LogP contribution in [0.3, 0.4) is 0 Å². The fraction of sp³-hybridized carbons (Fsp3) is 0.444. The molecule has 3 heterocycles. The molecule has 0 aromatic carbocycles. The smallest absolute Gasteiger partial charge is 0.241 e. The summed E-state index contributed by atoms with van der Waals surface area (Å²) < 4.78 is 3.43.